The first-order valence-corrected chi connectivity index (χ1v) is 8.64. The van der Waals surface area contributed by atoms with Crippen molar-refractivity contribution in [1.29, 1.82) is 0 Å². The van der Waals surface area contributed by atoms with Crippen LogP contribution in [0.2, 0.25) is 0 Å². The van der Waals surface area contributed by atoms with Crippen LogP contribution >= 0.6 is 0 Å². The summed E-state index contributed by atoms with van der Waals surface area (Å²) in [7, 11) is 1.94. The first kappa shape index (κ1) is 15.8. The highest BCUT2D eigenvalue weighted by atomic mass is 16.6. The summed E-state index contributed by atoms with van der Waals surface area (Å²) in [6, 6.07) is 7.38. The number of aryl methyl sites for hydroxylation is 1. The molecule has 1 aromatic carbocycles. The molecule has 2 aromatic rings. The molecular weight excluding hydrogens is 320 g/mol. The Morgan fingerprint density at radius 1 is 1.36 bits per heavy atom. The Balaban J connectivity index is 1.31. The van der Waals surface area contributed by atoms with Gasteiger partial charge < -0.3 is 20.1 Å². The smallest absolute Gasteiger partial charge is 0.315 e. The number of nitrogens with zero attached hydrogens (tertiary/aromatic N) is 2. The molecule has 0 fully saturated rings. The number of urea groups is 1. The molecule has 2 N–H and O–H groups in total. The van der Waals surface area contributed by atoms with Crippen LogP contribution in [0.4, 0.5) is 4.79 Å². The van der Waals surface area contributed by atoms with Gasteiger partial charge in [0.15, 0.2) is 17.6 Å². The summed E-state index contributed by atoms with van der Waals surface area (Å²) in [5.74, 6) is 1.46. The highest BCUT2D eigenvalue weighted by Gasteiger charge is 2.26. The molecule has 1 aromatic heterocycles. The molecule has 2 heterocycles. The van der Waals surface area contributed by atoms with Crippen molar-refractivity contribution in [3.05, 3.63) is 41.7 Å². The highest BCUT2D eigenvalue weighted by Crippen LogP contribution is 2.31. The van der Waals surface area contributed by atoms with E-state index in [-0.39, 0.29) is 18.2 Å². The lowest BCUT2D eigenvalue weighted by atomic mass is 9.93. The van der Waals surface area contributed by atoms with Crippen molar-refractivity contribution in [2.75, 3.05) is 13.2 Å². The Hall–Kier alpha value is -2.70. The quantitative estimate of drug-likeness (QED) is 0.894. The molecule has 2 aliphatic rings. The van der Waals surface area contributed by atoms with Crippen molar-refractivity contribution >= 4 is 6.03 Å². The van der Waals surface area contributed by atoms with Gasteiger partial charge in [0.2, 0.25) is 0 Å². The van der Waals surface area contributed by atoms with Gasteiger partial charge in [-0.2, -0.15) is 5.10 Å². The largest absolute Gasteiger partial charge is 0.486 e. The van der Waals surface area contributed by atoms with Gasteiger partial charge in [-0.3, -0.25) is 4.68 Å². The minimum Gasteiger partial charge on any atom is -0.486 e. The molecule has 2 amide bonds. The number of carbonyl (C=O) groups is 1. The molecule has 7 nitrogen and oxygen atoms in total. The van der Waals surface area contributed by atoms with Gasteiger partial charge in [0.1, 0.15) is 6.61 Å². The molecule has 0 spiro atoms. The van der Waals surface area contributed by atoms with Crippen LogP contribution in [0.25, 0.3) is 0 Å². The van der Waals surface area contributed by atoms with Gasteiger partial charge in [0.25, 0.3) is 0 Å². The van der Waals surface area contributed by atoms with E-state index < -0.39 is 0 Å². The number of hydrogen-bond acceptors (Lipinski definition) is 4. The van der Waals surface area contributed by atoms with Gasteiger partial charge in [-0.1, -0.05) is 12.1 Å². The predicted molar refractivity (Wildman–Crippen MR) is 91.8 cm³/mol. The molecule has 132 valence electrons. The number of fused-ring (bicyclic) bond motifs is 2. The summed E-state index contributed by atoms with van der Waals surface area (Å²) in [4.78, 5) is 12.3. The average molecular weight is 342 g/mol. The summed E-state index contributed by atoms with van der Waals surface area (Å²) in [6.07, 6.45) is 4.66. The van der Waals surface area contributed by atoms with Gasteiger partial charge in [-0.05, 0) is 31.4 Å². The van der Waals surface area contributed by atoms with Crippen LogP contribution in [0.5, 0.6) is 11.5 Å². The molecule has 1 aliphatic carbocycles. The number of para-hydroxylation sites is 2. The highest BCUT2D eigenvalue weighted by molar-refractivity contribution is 5.74. The van der Waals surface area contributed by atoms with Crippen molar-refractivity contribution in [3.63, 3.8) is 0 Å². The van der Waals surface area contributed by atoms with Crippen molar-refractivity contribution in [2.45, 2.75) is 31.4 Å². The Kier molecular flexibility index (Phi) is 4.21. The minimum atomic E-state index is -0.194. The molecule has 25 heavy (non-hydrogen) atoms. The summed E-state index contributed by atoms with van der Waals surface area (Å²) >= 11 is 0. The lowest BCUT2D eigenvalue weighted by molar-refractivity contribution is 0.0917. The molecule has 0 saturated carbocycles. The van der Waals surface area contributed by atoms with Crippen molar-refractivity contribution in [2.24, 2.45) is 7.05 Å². The van der Waals surface area contributed by atoms with E-state index in [2.05, 4.69) is 15.7 Å². The number of nitrogens with one attached hydrogen (secondary N) is 2. The van der Waals surface area contributed by atoms with Gasteiger partial charge in [0.05, 0.1) is 18.8 Å². The Morgan fingerprint density at radius 2 is 2.20 bits per heavy atom. The number of benzene rings is 1. The fourth-order valence-electron chi connectivity index (χ4n) is 3.44. The Labute approximate surface area is 146 Å². The standard InChI is InChI=1S/C18H22N4O3/c1-22-15-6-4-5-14(13(15)10-20-22)21-18(23)19-9-12-11-24-16-7-2-3-8-17(16)25-12/h2-3,7-8,10,12,14H,4-6,9,11H2,1H3,(H2,19,21,23). The molecule has 2 atom stereocenters. The van der Waals surface area contributed by atoms with Crippen molar-refractivity contribution in [1.82, 2.24) is 20.4 Å². The SMILES string of the molecule is Cn1ncc2c1CCCC2NC(=O)NCC1COc2ccccc2O1. The Morgan fingerprint density at radius 3 is 3.08 bits per heavy atom. The summed E-state index contributed by atoms with van der Waals surface area (Å²) < 4.78 is 13.4. The van der Waals surface area contributed by atoms with Crippen molar-refractivity contribution < 1.29 is 14.3 Å². The zero-order valence-corrected chi connectivity index (χ0v) is 14.2. The topological polar surface area (TPSA) is 77.4 Å². The van der Waals surface area contributed by atoms with E-state index in [1.807, 2.05) is 42.2 Å². The second kappa shape index (κ2) is 6.66. The summed E-state index contributed by atoms with van der Waals surface area (Å²) in [5, 5.41) is 10.2. The second-order valence-electron chi connectivity index (χ2n) is 6.47. The summed E-state index contributed by atoms with van der Waals surface area (Å²) in [6.45, 7) is 0.820. The molecule has 0 saturated heterocycles. The monoisotopic (exact) mass is 342 g/mol. The normalized spacial score (nSPS) is 21.3. The van der Waals surface area contributed by atoms with E-state index in [1.54, 1.807) is 0 Å². The van der Waals surface area contributed by atoms with Gasteiger partial charge >= 0.3 is 6.03 Å². The lowest BCUT2D eigenvalue weighted by Crippen LogP contribution is -2.45. The fraction of sp³-hybridized carbons (Fsp3) is 0.444. The summed E-state index contributed by atoms with van der Waals surface area (Å²) in [5.41, 5.74) is 2.33. The zero-order valence-electron chi connectivity index (χ0n) is 14.2. The number of rotatable bonds is 3. The number of ether oxygens (including phenoxy) is 2. The molecule has 0 bridgehead atoms. The third-order valence-corrected chi connectivity index (χ3v) is 4.74. The van der Waals surface area contributed by atoms with Crippen LogP contribution in [0, 0.1) is 0 Å². The van der Waals surface area contributed by atoms with Crippen LogP contribution in [-0.2, 0) is 13.5 Å². The number of hydrogen-bond donors (Lipinski definition) is 2. The van der Waals surface area contributed by atoms with Crippen molar-refractivity contribution in [3.8, 4) is 11.5 Å². The number of amides is 2. The van der Waals surface area contributed by atoms with Gasteiger partial charge in [0, 0.05) is 18.3 Å². The third-order valence-electron chi connectivity index (χ3n) is 4.74. The van der Waals surface area contributed by atoms with Crippen LogP contribution in [-0.4, -0.2) is 35.1 Å². The molecule has 7 heteroatoms. The first-order chi connectivity index (χ1) is 12.2. The van der Waals surface area contributed by atoms with Gasteiger partial charge in [-0.25, -0.2) is 4.79 Å². The average Bonchev–Trinajstić information content (AvgIpc) is 3.02. The van der Waals surface area contributed by atoms with E-state index in [9.17, 15) is 4.79 Å². The zero-order chi connectivity index (χ0) is 17.2. The van der Waals surface area contributed by atoms with E-state index in [1.165, 1.54) is 5.69 Å². The molecule has 0 radical (unpaired) electrons. The number of aromatic nitrogens is 2. The maximum absolute atomic E-state index is 12.3. The first-order valence-electron chi connectivity index (χ1n) is 8.64. The molecule has 4 rings (SSSR count). The second-order valence-corrected chi connectivity index (χ2v) is 6.47. The van der Waals surface area contributed by atoms with Gasteiger partial charge in [-0.15, -0.1) is 0 Å². The fourth-order valence-corrected chi connectivity index (χ4v) is 3.44. The molecule has 2 unspecified atom stereocenters. The third kappa shape index (κ3) is 3.26. The van der Waals surface area contributed by atoms with E-state index in [4.69, 9.17) is 9.47 Å². The maximum atomic E-state index is 12.3. The minimum absolute atomic E-state index is 0.0155. The van der Waals surface area contributed by atoms with Crippen LogP contribution in [0.3, 0.4) is 0 Å². The van der Waals surface area contributed by atoms with Crippen LogP contribution < -0.4 is 20.1 Å². The van der Waals surface area contributed by atoms with E-state index in [0.717, 1.165) is 30.6 Å². The molecule has 1 aliphatic heterocycles. The van der Waals surface area contributed by atoms with E-state index in [0.29, 0.717) is 18.9 Å². The lowest BCUT2D eigenvalue weighted by Gasteiger charge is -2.27. The maximum Gasteiger partial charge on any atom is 0.315 e. The number of carbonyl (C=O) groups excluding carboxylic acids is 1. The van der Waals surface area contributed by atoms with Crippen LogP contribution in [0.1, 0.15) is 30.1 Å². The Bertz CT molecular complexity index is 773. The van der Waals surface area contributed by atoms with Crippen LogP contribution in [0.15, 0.2) is 30.5 Å². The predicted octanol–water partition coefficient (Wildman–Crippen LogP) is 1.94. The van der Waals surface area contributed by atoms with E-state index >= 15 is 0 Å². The molecular formula is C18H22N4O3.